The molecule has 124 valence electrons. The summed E-state index contributed by atoms with van der Waals surface area (Å²) in [6.45, 7) is 0. The van der Waals surface area contributed by atoms with Gasteiger partial charge in [0, 0.05) is 25.8 Å². The molecule has 1 aliphatic rings. The summed E-state index contributed by atoms with van der Waals surface area (Å²) in [4.78, 5) is 1.40. The summed E-state index contributed by atoms with van der Waals surface area (Å²) >= 11 is 2.29. The van der Waals surface area contributed by atoms with E-state index in [1.54, 1.807) is 42.7 Å². The van der Waals surface area contributed by atoms with Crippen molar-refractivity contribution in [3.8, 4) is 6.07 Å². The molecule has 2 aromatic rings. The highest BCUT2D eigenvalue weighted by Crippen LogP contribution is 2.57. The molecule has 2 unspecified atom stereocenters. The Balaban J connectivity index is 2.10. The van der Waals surface area contributed by atoms with E-state index in [9.17, 15) is 18.3 Å². The second-order valence-electron chi connectivity index (χ2n) is 5.27. The minimum absolute atomic E-state index is 0.0403. The molecule has 2 atom stereocenters. The zero-order valence-corrected chi connectivity index (χ0v) is 14.1. The molecule has 2 nitrogen and oxygen atoms in total. The van der Waals surface area contributed by atoms with Gasteiger partial charge in [0.1, 0.15) is 6.10 Å². The number of alkyl halides is 3. The second-order valence-corrected chi connectivity index (χ2v) is 7.24. The second kappa shape index (κ2) is 6.36. The van der Waals surface area contributed by atoms with E-state index in [2.05, 4.69) is 0 Å². The van der Waals surface area contributed by atoms with Crippen LogP contribution in [0.5, 0.6) is 0 Å². The summed E-state index contributed by atoms with van der Waals surface area (Å²) in [7, 11) is 0. The lowest BCUT2D eigenvalue weighted by atomic mass is 10.1. The average Bonchev–Trinajstić information content (AvgIpc) is 2.77. The minimum Gasteiger partial charge on any atom is -0.382 e. The van der Waals surface area contributed by atoms with Crippen molar-refractivity contribution in [2.75, 3.05) is 6.26 Å². The van der Waals surface area contributed by atoms with Crippen molar-refractivity contribution in [3.05, 3.63) is 53.1 Å². The summed E-state index contributed by atoms with van der Waals surface area (Å²) in [6, 6.07) is 11.8. The first-order valence-electron chi connectivity index (χ1n) is 6.99. The van der Waals surface area contributed by atoms with Crippen molar-refractivity contribution in [2.24, 2.45) is 0 Å². The molecule has 1 aliphatic carbocycles. The number of fused-ring (bicyclic) bond motifs is 1. The Bertz CT molecular complexity index is 835. The van der Waals surface area contributed by atoms with Crippen LogP contribution < -0.4 is 0 Å². The third kappa shape index (κ3) is 2.69. The van der Waals surface area contributed by atoms with Gasteiger partial charge in [-0.15, -0.1) is 11.8 Å². The molecule has 0 amide bonds. The van der Waals surface area contributed by atoms with Gasteiger partial charge in [0.05, 0.1) is 11.6 Å². The maximum absolute atomic E-state index is 14.4. The average molecular weight is 367 g/mol. The number of hydrogen-bond donors (Lipinski definition) is 1. The molecule has 0 fully saturated rings. The zero-order valence-electron chi connectivity index (χ0n) is 12.5. The molecule has 0 aliphatic heterocycles. The lowest BCUT2D eigenvalue weighted by molar-refractivity contribution is -0.144. The Morgan fingerprint density at radius 2 is 1.88 bits per heavy atom. The Kier molecular flexibility index (Phi) is 4.56. The van der Waals surface area contributed by atoms with E-state index < -0.39 is 18.2 Å². The van der Waals surface area contributed by atoms with Crippen molar-refractivity contribution in [1.82, 2.24) is 0 Å². The fraction of sp³-hybridized carbons (Fsp3) is 0.235. The predicted molar refractivity (Wildman–Crippen MR) is 87.3 cm³/mol. The Hall–Kier alpha value is -1.62. The lowest BCUT2D eigenvalue weighted by Crippen LogP contribution is -2.24. The highest BCUT2D eigenvalue weighted by Gasteiger charge is 2.57. The third-order valence-electron chi connectivity index (χ3n) is 3.85. The van der Waals surface area contributed by atoms with Crippen LogP contribution in [-0.2, 0) is 0 Å². The number of aliphatic hydroxyl groups is 1. The molecule has 0 saturated carbocycles. The Morgan fingerprint density at radius 1 is 1.17 bits per heavy atom. The van der Waals surface area contributed by atoms with Gasteiger partial charge >= 0.3 is 5.92 Å². The van der Waals surface area contributed by atoms with E-state index >= 15 is 0 Å². The molecule has 7 heteroatoms. The number of benzene rings is 2. The SMILES string of the molecule is CSc1ccc(Sc2cccc(C#N)c2)c2c1C(O)C(F)(F)C2F. The first-order valence-corrected chi connectivity index (χ1v) is 9.03. The topological polar surface area (TPSA) is 44.0 Å². The number of hydrogen-bond acceptors (Lipinski definition) is 4. The van der Waals surface area contributed by atoms with Crippen molar-refractivity contribution >= 4 is 23.5 Å². The van der Waals surface area contributed by atoms with Crippen LogP contribution in [0.25, 0.3) is 0 Å². The first-order chi connectivity index (χ1) is 11.4. The molecule has 0 spiro atoms. The van der Waals surface area contributed by atoms with Gasteiger partial charge in [0.15, 0.2) is 6.17 Å². The van der Waals surface area contributed by atoms with E-state index in [1.165, 1.54) is 11.8 Å². The summed E-state index contributed by atoms with van der Waals surface area (Å²) in [6.07, 6.45) is -3.03. The van der Waals surface area contributed by atoms with Gasteiger partial charge in [-0.25, -0.2) is 4.39 Å². The van der Waals surface area contributed by atoms with Gasteiger partial charge in [-0.3, -0.25) is 0 Å². The van der Waals surface area contributed by atoms with Crippen molar-refractivity contribution in [1.29, 1.82) is 5.26 Å². The maximum atomic E-state index is 14.4. The lowest BCUT2D eigenvalue weighted by Gasteiger charge is -2.16. The summed E-state index contributed by atoms with van der Waals surface area (Å²) in [5.41, 5.74) is 0.229. The molecule has 0 radical (unpaired) electrons. The highest BCUT2D eigenvalue weighted by molar-refractivity contribution is 7.99. The molecule has 1 N–H and O–H groups in total. The normalized spacial score (nSPS) is 21.3. The van der Waals surface area contributed by atoms with Gasteiger partial charge in [-0.1, -0.05) is 17.8 Å². The minimum atomic E-state index is -3.85. The third-order valence-corrected chi connectivity index (χ3v) is 5.71. The van der Waals surface area contributed by atoms with Gasteiger partial charge in [0.25, 0.3) is 0 Å². The molecule has 0 heterocycles. The van der Waals surface area contributed by atoms with Crippen molar-refractivity contribution in [3.63, 3.8) is 0 Å². The molecular weight excluding hydrogens is 355 g/mol. The molecule has 0 saturated heterocycles. The number of halogens is 3. The van der Waals surface area contributed by atoms with Crippen LogP contribution in [0.4, 0.5) is 13.2 Å². The maximum Gasteiger partial charge on any atom is 0.312 e. The van der Waals surface area contributed by atoms with E-state index in [4.69, 9.17) is 5.26 Å². The van der Waals surface area contributed by atoms with Crippen LogP contribution in [-0.4, -0.2) is 17.3 Å². The van der Waals surface area contributed by atoms with Crippen LogP contribution >= 0.6 is 23.5 Å². The standard InChI is InChI=1S/C17H12F3NOS2/c1-23-11-5-6-12(24-10-4-2-3-9(7-10)8-21)13-14(11)16(22)17(19,20)15(13)18/h2-7,15-16,22H,1H3. The van der Waals surface area contributed by atoms with E-state index in [0.29, 0.717) is 20.2 Å². The van der Waals surface area contributed by atoms with Crippen molar-refractivity contribution in [2.45, 2.75) is 32.9 Å². The van der Waals surface area contributed by atoms with Crippen LogP contribution in [0.3, 0.4) is 0 Å². The quantitative estimate of drug-likeness (QED) is 0.765. The van der Waals surface area contributed by atoms with Crippen LogP contribution in [0.15, 0.2) is 51.1 Å². The molecule has 3 rings (SSSR count). The van der Waals surface area contributed by atoms with Crippen molar-refractivity contribution < 1.29 is 18.3 Å². The van der Waals surface area contributed by atoms with Gasteiger partial charge in [-0.05, 0) is 36.6 Å². The van der Waals surface area contributed by atoms with E-state index in [-0.39, 0.29) is 11.1 Å². The summed E-state index contributed by atoms with van der Waals surface area (Å²) in [5.74, 6) is -3.85. The molecule has 2 aromatic carbocycles. The van der Waals surface area contributed by atoms with E-state index in [1.807, 2.05) is 6.07 Å². The molecular formula is C17H12F3NOS2. The van der Waals surface area contributed by atoms with Crippen LogP contribution in [0.2, 0.25) is 0 Å². The molecule has 24 heavy (non-hydrogen) atoms. The summed E-state index contributed by atoms with van der Waals surface area (Å²) < 4.78 is 42.4. The number of thioether (sulfide) groups is 1. The Labute approximate surface area is 145 Å². The first kappa shape index (κ1) is 17.2. The van der Waals surface area contributed by atoms with Crippen LogP contribution in [0.1, 0.15) is 29.0 Å². The highest BCUT2D eigenvalue weighted by atomic mass is 32.2. The fourth-order valence-electron chi connectivity index (χ4n) is 2.69. The van der Waals surface area contributed by atoms with E-state index in [0.717, 1.165) is 11.8 Å². The smallest absolute Gasteiger partial charge is 0.312 e. The number of nitrogens with zero attached hydrogens (tertiary/aromatic N) is 1. The summed E-state index contributed by atoms with van der Waals surface area (Å²) in [5, 5.41) is 18.9. The Morgan fingerprint density at radius 3 is 2.54 bits per heavy atom. The van der Waals surface area contributed by atoms with Crippen LogP contribution in [0, 0.1) is 11.3 Å². The number of aliphatic hydroxyl groups excluding tert-OH is 1. The van der Waals surface area contributed by atoms with Gasteiger partial charge in [0.2, 0.25) is 0 Å². The fourth-order valence-corrected chi connectivity index (χ4v) is 4.38. The molecule has 0 bridgehead atoms. The zero-order chi connectivity index (χ0) is 17.5. The largest absolute Gasteiger partial charge is 0.382 e. The van der Waals surface area contributed by atoms with Gasteiger partial charge in [-0.2, -0.15) is 14.0 Å². The number of rotatable bonds is 3. The monoisotopic (exact) mass is 367 g/mol. The van der Waals surface area contributed by atoms with Gasteiger partial charge < -0.3 is 5.11 Å². The number of nitriles is 1. The molecule has 0 aromatic heterocycles. The predicted octanol–water partition coefficient (Wildman–Crippen LogP) is 5.12.